The molecule has 1 atom stereocenters. The van der Waals surface area contributed by atoms with Crippen LogP contribution in [0.15, 0.2) is 23.2 Å². The first-order valence-electron chi connectivity index (χ1n) is 13.3. The zero-order chi connectivity index (χ0) is 31.6. The van der Waals surface area contributed by atoms with E-state index >= 15 is 4.39 Å². The van der Waals surface area contributed by atoms with Gasteiger partial charge in [-0.3, -0.25) is 0 Å². The van der Waals surface area contributed by atoms with Crippen LogP contribution in [-0.4, -0.2) is 78.1 Å². The van der Waals surface area contributed by atoms with E-state index in [-0.39, 0.29) is 5.56 Å². The Morgan fingerprint density at radius 3 is 1.88 bits per heavy atom. The molecular weight excluding hydrogens is 556 g/mol. The molecule has 228 valence electrons. The summed E-state index contributed by atoms with van der Waals surface area (Å²) in [6, 6.07) is 4.11. The predicted molar refractivity (Wildman–Crippen MR) is 153 cm³/mol. The Hall–Kier alpha value is -2.71. The third-order valence-electron chi connectivity index (χ3n) is 6.96. The molecule has 11 nitrogen and oxygen atoms in total. The minimum atomic E-state index is -4.24. The van der Waals surface area contributed by atoms with Gasteiger partial charge in [0.2, 0.25) is 16.0 Å². The van der Waals surface area contributed by atoms with Crippen molar-refractivity contribution < 1.29 is 41.2 Å². The van der Waals surface area contributed by atoms with E-state index in [9.17, 15) is 18.0 Å². The molecule has 1 aromatic rings. The minimum absolute atomic E-state index is 0.0905. The van der Waals surface area contributed by atoms with Crippen LogP contribution in [-0.2, 0) is 34.3 Å². The first kappa shape index (κ1) is 32.8. The molecule has 0 N–H and O–H groups in total. The Balaban J connectivity index is 2.19. The highest BCUT2D eigenvalue weighted by Gasteiger charge is 2.53. The lowest BCUT2D eigenvalue weighted by Gasteiger charge is -2.39. The lowest BCUT2D eigenvalue weighted by Crippen LogP contribution is -2.58. The van der Waals surface area contributed by atoms with Gasteiger partial charge in [-0.15, -0.1) is 4.90 Å². The van der Waals surface area contributed by atoms with Crippen LogP contribution in [0.5, 0.6) is 0 Å². The number of guanidine groups is 1. The van der Waals surface area contributed by atoms with Crippen molar-refractivity contribution in [1.29, 1.82) is 0 Å². The Kier molecular flexibility index (Phi) is 8.19. The van der Waals surface area contributed by atoms with Gasteiger partial charge in [-0.2, -0.15) is 0 Å². The van der Waals surface area contributed by atoms with Crippen molar-refractivity contribution >= 4 is 40.8 Å². The highest BCUT2D eigenvalue weighted by atomic mass is 32.2. The van der Waals surface area contributed by atoms with E-state index in [1.54, 1.807) is 41.5 Å². The number of halogens is 1. The molecule has 0 bridgehead atoms. The lowest BCUT2D eigenvalue weighted by atomic mass is 9.76. The molecule has 1 aromatic carbocycles. The van der Waals surface area contributed by atoms with Crippen LogP contribution in [0.2, 0.25) is 0 Å². The van der Waals surface area contributed by atoms with Gasteiger partial charge in [0.05, 0.1) is 17.0 Å². The number of ether oxygens (including phenoxy) is 2. The second-order valence-corrected chi connectivity index (χ2v) is 15.5. The Morgan fingerprint density at radius 2 is 1.44 bits per heavy atom. The molecule has 0 aromatic heterocycles. The molecule has 1 saturated heterocycles. The number of nitrogens with zero attached hydrogens (tertiary/aromatic N) is 3. The van der Waals surface area contributed by atoms with Crippen LogP contribution in [0.25, 0.3) is 0 Å². The molecule has 0 saturated carbocycles. The minimum Gasteiger partial charge on any atom is -0.443 e. The summed E-state index contributed by atoms with van der Waals surface area (Å²) in [5.74, 6) is -1.99. The number of hydrogen-bond donors (Lipinski definition) is 0. The van der Waals surface area contributed by atoms with E-state index in [0.717, 1.165) is 7.05 Å². The molecular formula is C27H41BFN3O8S. The number of imide groups is 1. The van der Waals surface area contributed by atoms with Gasteiger partial charge in [-0.1, -0.05) is 12.1 Å². The summed E-state index contributed by atoms with van der Waals surface area (Å²) < 4.78 is 66.1. The topological polar surface area (TPSA) is 124 Å². The molecule has 0 aliphatic carbocycles. The summed E-state index contributed by atoms with van der Waals surface area (Å²) in [6.45, 7) is 18.4. The third-order valence-corrected chi connectivity index (χ3v) is 8.88. The highest BCUT2D eigenvalue weighted by Crippen LogP contribution is 2.38. The molecule has 2 aliphatic heterocycles. The standard InChI is InChI=1S/C27H41BFN3O8S/c1-23(2,3)37-21(33)32(22(34)38-24(4,5)6)20-30-27(11,16-41(35,36)31(20)12)18-15-17(13-14-19(18)29)28-39-25(7,8)26(9,10)40-28/h13-15H,16H2,1-12H3. The summed E-state index contributed by atoms with van der Waals surface area (Å²) in [6.07, 6.45) is -2.41. The Labute approximate surface area is 242 Å². The van der Waals surface area contributed by atoms with Crippen molar-refractivity contribution in [1.82, 2.24) is 9.21 Å². The van der Waals surface area contributed by atoms with Gasteiger partial charge in [-0.05, 0) is 87.7 Å². The largest absolute Gasteiger partial charge is 0.494 e. The monoisotopic (exact) mass is 597 g/mol. The summed E-state index contributed by atoms with van der Waals surface area (Å²) in [7, 11) is -3.94. The first-order valence-corrected chi connectivity index (χ1v) is 14.9. The maximum Gasteiger partial charge on any atom is 0.494 e. The number of carbonyl (C=O) groups excluding carboxylic acids is 2. The van der Waals surface area contributed by atoms with Gasteiger partial charge in [-0.25, -0.2) is 31.7 Å². The zero-order valence-corrected chi connectivity index (χ0v) is 26.7. The van der Waals surface area contributed by atoms with Crippen molar-refractivity contribution in [2.24, 2.45) is 4.99 Å². The van der Waals surface area contributed by atoms with Crippen molar-refractivity contribution in [3.63, 3.8) is 0 Å². The lowest BCUT2D eigenvalue weighted by molar-refractivity contribution is 0.00578. The molecule has 1 fully saturated rings. The zero-order valence-electron chi connectivity index (χ0n) is 25.9. The smallest absolute Gasteiger partial charge is 0.443 e. The SMILES string of the molecule is CN1C(N(C(=O)OC(C)(C)C)C(=O)OC(C)(C)C)=NC(C)(c2cc(B3OC(C)(C)C(C)(C)O3)ccc2F)CS1(=O)=O. The quantitative estimate of drug-likeness (QED) is 0.466. The molecule has 1 unspecified atom stereocenters. The second kappa shape index (κ2) is 10.2. The van der Waals surface area contributed by atoms with Gasteiger partial charge >= 0.3 is 19.3 Å². The number of sulfonamides is 1. The highest BCUT2D eigenvalue weighted by molar-refractivity contribution is 7.89. The van der Waals surface area contributed by atoms with Crippen molar-refractivity contribution in [3.8, 4) is 0 Å². The van der Waals surface area contributed by atoms with Crippen molar-refractivity contribution in [2.45, 2.75) is 104 Å². The van der Waals surface area contributed by atoms with Gasteiger partial charge in [0.1, 0.15) is 22.6 Å². The van der Waals surface area contributed by atoms with Crippen LogP contribution >= 0.6 is 0 Å². The Morgan fingerprint density at radius 1 is 0.976 bits per heavy atom. The fraction of sp³-hybridized carbons (Fsp3) is 0.667. The predicted octanol–water partition coefficient (Wildman–Crippen LogP) is 4.14. The average Bonchev–Trinajstić information content (AvgIpc) is 2.96. The number of amides is 2. The Bertz CT molecular complexity index is 1320. The van der Waals surface area contributed by atoms with Crippen molar-refractivity contribution in [3.05, 3.63) is 29.6 Å². The van der Waals surface area contributed by atoms with E-state index < -0.39 is 74.8 Å². The number of hydrogen-bond acceptors (Lipinski definition) is 9. The number of benzene rings is 1. The molecule has 41 heavy (non-hydrogen) atoms. The molecule has 0 spiro atoms. The van der Waals surface area contributed by atoms with Crippen LogP contribution in [0.1, 0.15) is 81.7 Å². The van der Waals surface area contributed by atoms with E-state index in [1.165, 1.54) is 25.1 Å². The molecule has 14 heteroatoms. The molecule has 3 rings (SSSR count). The van der Waals surface area contributed by atoms with E-state index in [2.05, 4.69) is 4.99 Å². The summed E-state index contributed by atoms with van der Waals surface area (Å²) >= 11 is 0. The molecule has 2 amide bonds. The van der Waals surface area contributed by atoms with Crippen LogP contribution in [0.3, 0.4) is 0 Å². The number of rotatable bonds is 2. The number of aliphatic imine (C=N–C) groups is 1. The van der Waals surface area contributed by atoms with Gasteiger partial charge < -0.3 is 18.8 Å². The van der Waals surface area contributed by atoms with Crippen LogP contribution < -0.4 is 5.46 Å². The third kappa shape index (κ3) is 6.86. The maximum atomic E-state index is 15.5. The molecule has 0 radical (unpaired) electrons. The van der Waals surface area contributed by atoms with Crippen LogP contribution in [0, 0.1) is 5.82 Å². The average molecular weight is 598 g/mol. The van der Waals surface area contributed by atoms with Gasteiger partial charge in [0.25, 0.3) is 0 Å². The summed E-state index contributed by atoms with van der Waals surface area (Å²) in [5.41, 5.74) is -4.84. The fourth-order valence-electron chi connectivity index (χ4n) is 4.16. The van der Waals surface area contributed by atoms with Crippen molar-refractivity contribution in [2.75, 3.05) is 12.8 Å². The first-order chi connectivity index (χ1) is 18.3. The van der Waals surface area contributed by atoms with E-state index in [4.69, 9.17) is 18.8 Å². The summed E-state index contributed by atoms with van der Waals surface area (Å²) in [5, 5.41) is 0. The van der Waals surface area contributed by atoms with Crippen LogP contribution in [0.4, 0.5) is 14.0 Å². The molecule has 2 heterocycles. The maximum absolute atomic E-state index is 15.5. The fourth-order valence-corrected chi connectivity index (χ4v) is 5.66. The van der Waals surface area contributed by atoms with E-state index in [0.29, 0.717) is 14.7 Å². The van der Waals surface area contributed by atoms with E-state index in [1.807, 2.05) is 27.7 Å². The second-order valence-electron chi connectivity index (χ2n) is 13.5. The number of carbonyl (C=O) groups is 2. The summed E-state index contributed by atoms with van der Waals surface area (Å²) in [4.78, 5) is 31.5. The van der Waals surface area contributed by atoms with Gasteiger partial charge in [0.15, 0.2) is 0 Å². The van der Waals surface area contributed by atoms with Gasteiger partial charge in [0, 0.05) is 12.6 Å². The molecule has 2 aliphatic rings. The normalized spacial score (nSPS) is 23.6.